The number of nitrogens with zero attached hydrogens (tertiary/aromatic N) is 2. The van der Waals surface area contributed by atoms with Crippen LogP contribution in [0.5, 0.6) is 0 Å². The quantitative estimate of drug-likeness (QED) is 0.0630. The Bertz CT molecular complexity index is 685. The lowest BCUT2D eigenvalue weighted by atomic mass is 10.3. The molecule has 0 spiro atoms. The van der Waals surface area contributed by atoms with Crippen LogP contribution in [0.3, 0.4) is 0 Å². The fourth-order valence-electron chi connectivity index (χ4n) is 2.17. The number of likely N-dealkylation sites (N-methyl/N-ethyl adjacent to an activating group) is 1. The van der Waals surface area contributed by atoms with E-state index in [0.717, 1.165) is 0 Å². The lowest BCUT2D eigenvalue weighted by Crippen LogP contribution is -2.38. The van der Waals surface area contributed by atoms with E-state index in [2.05, 4.69) is 9.50 Å². The molecule has 0 radical (unpaired) electrons. The number of esters is 1. The Hall–Kier alpha value is -2.57. The van der Waals surface area contributed by atoms with Gasteiger partial charge in [0.2, 0.25) is 5.96 Å². The molecule has 0 amide bonds. The van der Waals surface area contributed by atoms with Crippen molar-refractivity contribution in [2.24, 2.45) is 10.5 Å². The lowest BCUT2D eigenvalue weighted by molar-refractivity contribution is -0.140. The van der Waals surface area contributed by atoms with E-state index in [0.29, 0.717) is 38.5 Å². The molecule has 0 saturated heterocycles. The van der Waals surface area contributed by atoms with Crippen molar-refractivity contribution < 1.29 is 51.7 Å². The van der Waals surface area contributed by atoms with Gasteiger partial charge in [0, 0.05) is 7.05 Å². The number of hydrogen-bond donors (Lipinski definition) is 1. The van der Waals surface area contributed by atoms with Gasteiger partial charge >= 0.3 is 26.0 Å². The average Bonchev–Trinajstić information content (AvgIpc) is 2.85. The molecule has 0 bridgehead atoms. The van der Waals surface area contributed by atoms with Gasteiger partial charge in [-0.2, -0.15) is 0 Å². The van der Waals surface area contributed by atoms with Crippen molar-refractivity contribution >= 4 is 32.0 Å². The maximum Gasteiger partial charge on any atom is 0.508 e. The van der Waals surface area contributed by atoms with Gasteiger partial charge in [-0.15, -0.1) is 4.76 Å². The minimum Gasteiger partial charge on any atom is -0.468 e. The molecule has 14 nitrogen and oxygen atoms in total. The van der Waals surface area contributed by atoms with E-state index < -0.39 is 26.0 Å². The van der Waals surface area contributed by atoms with Crippen molar-refractivity contribution in [2.75, 3.05) is 60.3 Å². The standard InChI is InChI=1S/C21H40N3O11P/c1-5-11-30-20(26)32-13-7-9-15-34-36(28,23-19(22)24(3)17-18(25)29-4)35-16-10-8-14-33-21(27)31-12-6-2/h5-17H2,1-4H3,(H2,22,23,28). The highest BCUT2D eigenvalue weighted by molar-refractivity contribution is 7.52. The molecule has 0 atom stereocenters. The van der Waals surface area contributed by atoms with Crippen molar-refractivity contribution in [3.05, 3.63) is 0 Å². The second-order valence-corrected chi connectivity index (χ2v) is 8.99. The summed E-state index contributed by atoms with van der Waals surface area (Å²) in [5, 5.41) is 0. The van der Waals surface area contributed by atoms with Crippen LogP contribution in [0.4, 0.5) is 9.59 Å². The summed E-state index contributed by atoms with van der Waals surface area (Å²) in [5.41, 5.74) is 5.85. The van der Waals surface area contributed by atoms with Crippen LogP contribution in [0.2, 0.25) is 0 Å². The van der Waals surface area contributed by atoms with Crippen LogP contribution in [0.25, 0.3) is 0 Å². The molecule has 210 valence electrons. The molecule has 0 unspecified atom stereocenters. The van der Waals surface area contributed by atoms with Crippen molar-refractivity contribution in [3.63, 3.8) is 0 Å². The fraction of sp³-hybridized carbons (Fsp3) is 0.810. The molecule has 0 aromatic rings. The first kappa shape index (κ1) is 33.4. The Kier molecular flexibility index (Phi) is 19.1. The summed E-state index contributed by atoms with van der Waals surface area (Å²) < 4.78 is 51.7. The molecule has 0 rings (SSSR count). The number of rotatable bonds is 19. The number of nitrogens with two attached hydrogens (primary N) is 1. The highest BCUT2D eigenvalue weighted by Gasteiger charge is 2.26. The molecule has 0 aliphatic heterocycles. The molecule has 0 aromatic carbocycles. The molecular formula is C21H40N3O11P. The summed E-state index contributed by atoms with van der Waals surface area (Å²) in [6.45, 7) is 4.24. The summed E-state index contributed by atoms with van der Waals surface area (Å²) in [5.74, 6) is -0.810. The molecule has 0 aliphatic carbocycles. The van der Waals surface area contributed by atoms with Gasteiger partial charge in [0.15, 0.2) is 0 Å². The predicted molar refractivity (Wildman–Crippen MR) is 129 cm³/mol. The molecule has 36 heavy (non-hydrogen) atoms. The van der Waals surface area contributed by atoms with E-state index in [9.17, 15) is 18.9 Å². The Balaban J connectivity index is 4.70. The third-order valence-corrected chi connectivity index (χ3v) is 5.55. The number of ether oxygens (including phenoxy) is 5. The largest absolute Gasteiger partial charge is 0.508 e. The van der Waals surface area contributed by atoms with Gasteiger partial charge in [-0.1, -0.05) is 13.8 Å². The lowest BCUT2D eigenvalue weighted by Gasteiger charge is -2.19. The minimum absolute atomic E-state index is 0.0193. The van der Waals surface area contributed by atoms with Gasteiger partial charge in [0.25, 0.3) is 0 Å². The van der Waals surface area contributed by atoms with Gasteiger partial charge in [0.05, 0.1) is 46.8 Å². The summed E-state index contributed by atoms with van der Waals surface area (Å²) in [6, 6.07) is 0. The monoisotopic (exact) mass is 541 g/mol. The molecule has 0 fully saturated rings. The van der Waals surface area contributed by atoms with Crippen molar-refractivity contribution in [3.8, 4) is 0 Å². The van der Waals surface area contributed by atoms with Crippen LogP contribution in [-0.2, 0) is 42.1 Å². The molecule has 0 heterocycles. The van der Waals surface area contributed by atoms with E-state index in [-0.39, 0.29) is 52.1 Å². The highest BCUT2D eigenvalue weighted by Crippen LogP contribution is 2.50. The van der Waals surface area contributed by atoms with Gasteiger partial charge in [-0.3, -0.25) is 13.8 Å². The zero-order valence-electron chi connectivity index (χ0n) is 21.6. The van der Waals surface area contributed by atoms with Crippen LogP contribution >= 0.6 is 7.75 Å². The number of carbonyl (C=O) groups is 3. The minimum atomic E-state index is -4.04. The topological polar surface area (TPSA) is 175 Å². The second kappa shape index (κ2) is 20.6. The zero-order valence-corrected chi connectivity index (χ0v) is 22.5. The van der Waals surface area contributed by atoms with Gasteiger partial charge < -0.3 is 34.3 Å². The summed E-state index contributed by atoms with van der Waals surface area (Å²) in [6.07, 6.45) is 1.50. The molecule has 0 saturated carbocycles. The Morgan fingerprint density at radius 3 is 1.61 bits per heavy atom. The van der Waals surface area contributed by atoms with E-state index >= 15 is 0 Å². The molecular weight excluding hydrogens is 501 g/mol. The number of unbranched alkanes of at least 4 members (excludes halogenated alkanes) is 2. The zero-order chi connectivity index (χ0) is 27.2. The smallest absolute Gasteiger partial charge is 0.468 e. The number of carbonyl (C=O) groups excluding carboxylic acids is 3. The summed E-state index contributed by atoms with van der Waals surface area (Å²) in [7, 11) is -1.36. The molecule has 15 heteroatoms. The normalized spacial score (nSPS) is 11.5. The van der Waals surface area contributed by atoms with Gasteiger partial charge in [-0.05, 0) is 38.5 Å². The SMILES string of the molecule is CCCOC(=O)OCCCCOP(=O)(/N=C(\N)N(C)CC(=O)OC)OCCCCOC(=O)OCCC. The first-order valence-corrected chi connectivity index (χ1v) is 13.3. The van der Waals surface area contributed by atoms with Crippen molar-refractivity contribution in [1.82, 2.24) is 4.90 Å². The van der Waals surface area contributed by atoms with Crippen LogP contribution in [0, 0.1) is 0 Å². The molecule has 2 N–H and O–H groups in total. The summed E-state index contributed by atoms with van der Waals surface area (Å²) in [4.78, 5) is 35.3. The number of guanidine groups is 1. The third-order valence-electron chi connectivity index (χ3n) is 4.08. The fourth-order valence-corrected chi connectivity index (χ4v) is 3.48. The van der Waals surface area contributed by atoms with Crippen LogP contribution in [-0.4, -0.2) is 89.5 Å². The Morgan fingerprint density at radius 1 is 0.778 bits per heavy atom. The van der Waals surface area contributed by atoms with Crippen molar-refractivity contribution in [1.29, 1.82) is 0 Å². The van der Waals surface area contributed by atoms with E-state index in [1.54, 1.807) is 0 Å². The highest BCUT2D eigenvalue weighted by atomic mass is 31.2. The average molecular weight is 542 g/mol. The molecule has 0 aliphatic rings. The van der Waals surface area contributed by atoms with Crippen molar-refractivity contribution in [2.45, 2.75) is 52.4 Å². The number of hydrogen-bond acceptors (Lipinski definition) is 11. The first-order chi connectivity index (χ1) is 17.2. The van der Waals surface area contributed by atoms with Crippen LogP contribution in [0.1, 0.15) is 52.4 Å². The van der Waals surface area contributed by atoms with E-state index in [4.69, 9.17) is 33.7 Å². The van der Waals surface area contributed by atoms with Gasteiger partial charge in [0.1, 0.15) is 6.54 Å². The maximum absolute atomic E-state index is 13.1. The van der Waals surface area contributed by atoms with E-state index in [1.807, 2.05) is 13.8 Å². The number of methoxy groups -OCH3 is 1. The maximum atomic E-state index is 13.1. The first-order valence-electron chi connectivity index (χ1n) is 11.8. The molecule has 0 aromatic heterocycles. The van der Waals surface area contributed by atoms with Crippen LogP contribution in [0.15, 0.2) is 4.76 Å². The Labute approximate surface area is 212 Å². The second-order valence-electron chi connectivity index (χ2n) is 7.33. The van der Waals surface area contributed by atoms with Gasteiger partial charge in [-0.25, -0.2) is 14.2 Å². The third kappa shape index (κ3) is 17.8. The summed E-state index contributed by atoms with van der Waals surface area (Å²) >= 11 is 0. The Morgan fingerprint density at radius 2 is 1.19 bits per heavy atom. The van der Waals surface area contributed by atoms with Crippen LogP contribution < -0.4 is 5.73 Å². The van der Waals surface area contributed by atoms with E-state index in [1.165, 1.54) is 19.1 Å². The predicted octanol–water partition coefficient (Wildman–Crippen LogP) is 3.23.